The second kappa shape index (κ2) is 7.90. The molecular weight excluding hydrogens is 252 g/mol. The largest absolute Gasteiger partial charge is 0.481 e. The highest BCUT2D eigenvalue weighted by molar-refractivity contribution is 5.70. The van der Waals surface area contributed by atoms with E-state index in [4.69, 9.17) is 5.11 Å². The number of hydrogen-bond donors (Lipinski definition) is 1. The molecule has 112 valence electrons. The summed E-state index contributed by atoms with van der Waals surface area (Å²) in [5, 5.41) is 9.10. The number of nitrogens with zero attached hydrogens (tertiary/aromatic N) is 2. The van der Waals surface area contributed by atoms with E-state index in [9.17, 15) is 4.79 Å². The fourth-order valence-electron chi connectivity index (χ4n) is 2.07. The van der Waals surface area contributed by atoms with Crippen LogP contribution in [0.3, 0.4) is 0 Å². The normalized spacial score (nSPS) is 12.4. The minimum absolute atomic E-state index is 0.365. The van der Waals surface area contributed by atoms with Crippen LogP contribution in [0.2, 0.25) is 0 Å². The van der Waals surface area contributed by atoms with Crippen LogP contribution in [0.5, 0.6) is 0 Å². The smallest absolute Gasteiger partial charge is 0.308 e. The van der Waals surface area contributed by atoms with Crippen LogP contribution < -0.4 is 4.90 Å². The van der Waals surface area contributed by atoms with Crippen LogP contribution in [0.15, 0.2) is 24.3 Å². The first kappa shape index (κ1) is 16.5. The van der Waals surface area contributed by atoms with Gasteiger partial charge in [-0.2, -0.15) is 0 Å². The van der Waals surface area contributed by atoms with E-state index in [1.54, 1.807) is 6.92 Å². The van der Waals surface area contributed by atoms with E-state index >= 15 is 0 Å². The molecule has 0 heterocycles. The molecule has 0 aliphatic carbocycles. The summed E-state index contributed by atoms with van der Waals surface area (Å²) in [5.41, 5.74) is 2.32. The second-order valence-electron chi connectivity index (χ2n) is 5.68. The molecule has 0 aliphatic heterocycles. The molecule has 1 aromatic carbocycles. The Kier molecular flexibility index (Phi) is 6.52. The van der Waals surface area contributed by atoms with E-state index < -0.39 is 5.97 Å². The van der Waals surface area contributed by atoms with E-state index in [1.165, 1.54) is 5.56 Å². The van der Waals surface area contributed by atoms with Gasteiger partial charge in [0, 0.05) is 18.8 Å². The fourth-order valence-corrected chi connectivity index (χ4v) is 2.07. The monoisotopic (exact) mass is 278 g/mol. The minimum Gasteiger partial charge on any atom is -0.481 e. The summed E-state index contributed by atoms with van der Waals surface area (Å²) in [6.45, 7) is 6.24. The Morgan fingerprint density at radius 3 is 2.30 bits per heavy atom. The third-order valence-electron chi connectivity index (χ3n) is 3.35. The molecule has 0 saturated carbocycles. The topological polar surface area (TPSA) is 43.8 Å². The van der Waals surface area contributed by atoms with Crippen molar-refractivity contribution in [2.75, 3.05) is 38.6 Å². The maximum absolute atomic E-state index is 11.1. The van der Waals surface area contributed by atoms with Gasteiger partial charge >= 0.3 is 5.97 Å². The molecule has 1 N–H and O–H groups in total. The molecule has 1 unspecified atom stereocenters. The van der Waals surface area contributed by atoms with E-state index in [-0.39, 0.29) is 5.92 Å². The number of anilines is 1. The average Bonchev–Trinajstić information content (AvgIpc) is 2.37. The van der Waals surface area contributed by atoms with Gasteiger partial charge < -0.3 is 14.9 Å². The zero-order valence-electron chi connectivity index (χ0n) is 13.0. The number of aliphatic carboxylic acids is 1. The molecule has 0 saturated heterocycles. The molecule has 0 fully saturated rings. The average molecular weight is 278 g/mol. The first-order chi connectivity index (χ1) is 9.40. The maximum atomic E-state index is 11.1. The molecule has 0 bridgehead atoms. The molecule has 4 nitrogen and oxygen atoms in total. The Morgan fingerprint density at radius 1 is 1.20 bits per heavy atom. The first-order valence-electron chi connectivity index (χ1n) is 7.09. The van der Waals surface area contributed by atoms with Crippen LogP contribution in [0.25, 0.3) is 0 Å². The number of hydrogen-bond acceptors (Lipinski definition) is 3. The van der Waals surface area contributed by atoms with Crippen molar-refractivity contribution >= 4 is 11.7 Å². The quantitative estimate of drug-likeness (QED) is 0.793. The third kappa shape index (κ3) is 5.61. The van der Waals surface area contributed by atoms with Gasteiger partial charge in [0.1, 0.15) is 0 Å². The number of carboxylic acid groups (broad SMARTS) is 1. The summed E-state index contributed by atoms with van der Waals surface area (Å²) in [7, 11) is 4.10. The summed E-state index contributed by atoms with van der Waals surface area (Å²) in [5.74, 6) is -1.11. The molecule has 0 radical (unpaired) electrons. The highest BCUT2D eigenvalue weighted by Gasteiger charge is 2.16. The van der Waals surface area contributed by atoms with Crippen LogP contribution >= 0.6 is 0 Å². The first-order valence-corrected chi connectivity index (χ1v) is 7.09. The van der Waals surface area contributed by atoms with Crippen LogP contribution in [-0.4, -0.2) is 49.7 Å². The fraction of sp³-hybridized carbons (Fsp3) is 0.562. The van der Waals surface area contributed by atoms with Crippen LogP contribution in [-0.2, 0) is 4.79 Å². The number of rotatable bonds is 8. The standard InChI is InChI=1S/C16H26N2O2/c1-13-6-8-15(9-7-13)18(11-5-10-17(3)4)12-14(2)16(19)20/h6-9,14H,5,10-12H2,1-4H3,(H,19,20). The highest BCUT2D eigenvalue weighted by Crippen LogP contribution is 2.17. The molecular formula is C16H26N2O2. The van der Waals surface area contributed by atoms with Crippen molar-refractivity contribution in [3.05, 3.63) is 29.8 Å². The minimum atomic E-state index is -0.741. The molecule has 0 aromatic heterocycles. The number of carboxylic acids is 1. The van der Waals surface area contributed by atoms with Crippen LogP contribution in [0.4, 0.5) is 5.69 Å². The Morgan fingerprint density at radius 2 is 1.80 bits per heavy atom. The van der Waals surface area contributed by atoms with Gasteiger partial charge in [-0.1, -0.05) is 24.6 Å². The van der Waals surface area contributed by atoms with E-state index in [0.29, 0.717) is 6.54 Å². The van der Waals surface area contributed by atoms with Gasteiger partial charge in [0.05, 0.1) is 5.92 Å². The van der Waals surface area contributed by atoms with Crippen LogP contribution in [0.1, 0.15) is 18.9 Å². The summed E-state index contributed by atoms with van der Waals surface area (Å²) in [4.78, 5) is 15.4. The summed E-state index contributed by atoms with van der Waals surface area (Å²) in [6, 6.07) is 8.28. The van der Waals surface area contributed by atoms with Crippen molar-refractivity contribution in [3.63, 3.8) is 0 Å². The van der Waals surface area contributed by atoms with E-state index in [2.05, 4.69) is 55.1 Å². The zero-order valence-corrected chi connectivity index (χ0v) is 13.0. The lowest BCUT2D eigenvalue weighted by molar-refractivity contribution is -0.140. The van der Waals surface area contributed by atoms with Gasteiger partial charge in [0.15, 0.2) is 0 Å². The maximum Gasteiger partial charge on any atom is 0.308 e. The molecule has 0 spiro atoms. The van der Waals surface area contributed by atoms with Crippen molar-refractivity contribution in [1.29, 1.82) is 0 Å². The third-order valence-corrected chi connectivity index (χ3v) is 3.35. The molecule has 1 aromatic rings. The Bertz CT molecular complexity index is 415. The second-order valence-corrected chi connectivity index (χ2v) is 5.68. The van der Waals surface area contributed by atoms with Gasteiger partial charge in [0.25, 0.3) is 0 Å². The summed E-state index contributed by atoms with van der Waals surface area (Å²) >= 11 is 0. The van der Waals surface area contributed by atoms with Gasteiger partial charge in [-0.15, -0.1) is 0 Å². The Balaban J connectivity index is 2.72. The molecule has 4 heteroatoms. The molecule has 20 heavy (non-hydrogen) atoms. The Labute approximate surface area is 122 Å². The van der Waals surface area contributed by atoms with Crippen molar-refractivity contribution < 1.29 is 9.90 Å². The lowest BCUT2D eigenvalue weighted by atomic mass is 10.1. The lowest BCUT2D eigenvalue weighted by Gasteiger charge is -2.27. The van der Waals surface area contributed by atoms with E-state index in [1.807, 2.05) is 0 Å². The molecule has 1 rings (SSSR count). The predicted octanol–water partition coefficient (Wildman–Crippen LogP) is 2.47. The number of aryl methyl sites for hydroxylation is 1. The number of carbonyl (C=O) groups is 1. The van der Waals surface area contributed by atoms with Crippen molar-refractivity contribution in [1.82, 2.24) is 4.90 Å². The van der Waals surface area contributed by atoms with Gasteiger partial charge in [-0.05, 0) is 46.1 Å². The van der Waals surface area contributed by atoms with Gasteiger partial charge in [-0.25, -0.2) is 0 Å². The van der Waals surface area contributed by atoms with Crippen molar-refractivity contribution in [2.24, 2.45) is 5.92 Å². The lowest BCUT2D eigenvalue weighted by Crippen LogP contribution is -2.33. The SMILES string of the molecule is Cc1ccc(N(CCCN(C)C)CC(C)C(=O)O)cc1. The summed E-state index contributed by atoms with van der Waals surface area (Å²) < 4.78 is 0. The van der Waals surface area contributed by atoms with Gasteiger partial charge in [0.2, 0.25) is 0 Å². The van der Waals surface area contributed by atoms with E-state index in [0.717, 1.165) is 25.2 Å². The highest BCUT2D eigenvalue weighted by atomic mass is 16.4. The van der Waals surface area contributed by atoms with Gasteiger partial charge in [-0.3, -0.25) is 4.79 Å². The Hall–Kier alpha value is -1.55. The molecule has 0 amide bonds. The summed E-state index contributed by atoms with van der Waals surface area (Å²) in [6.07, 6.45) is 1.02. The van der Waals surface area contributed by atoms with Crippen molar-refractivity contribution in [3.8, 4) is 0 Å². The zero-order chi connectivity index (χ0) is 15.1. The van der Waals surface area contributed by atoms with Crippen molar-refractivity contribution in [2.45, 2.75) is 20.3 Å². The molecule has 0 aliphatic rings. The predicted molar refractivity (Wildman–Crippen MR) is 83.4 cm³/mol. The van der Waals surface area contributed by atoms with Crippen LogP contribution in [0, 0.1) is 12.8 Å². The number of benzene rings is 1. The molecule has 1 atom stereocenters.